The Morgan fingerprint density at radius 1 is 1.10 bits per heavy atom. The normalized spacial score (nSPS) is 11.9. The molecule has 4 aromatic rings. The Morgan fingerprint density at radius 3 is 2.52 bits per heavy atom. The molecule has 0 aliphatic heterocycles. The van der Waals surface area contributed by atoms with Gasteiger partial charge in [-0.1, -0.05) is 45.0 Å². The van der Waals surface area contributed by atoms with Crippen LogP contribution < -0.4 is 5.32 Å². The van der Waals surface area contributed by atoms with Crippen LogP contribution in [-0.2, 0) is 18.5 Å². The molecule has 5 heteroatoms. The lowest BCUT2D eigenvalue weighted by Gasteiger charge is -2.19. The molecule has 0 saturated carbocycles. The Bertz CT molecular complexity index is 1120. The van der Waals surface area contributed by atoms with Crippen LogP contribution in [0, 0.1) is 6.92 Å². The number of rotatable bonds is 5. The molecule has 1 aromatic carbocycles. The van der Waals surface area contributed by atoms with Gasteiger partial charge in [-0.3, -0.25) is 4.79 Å². The highest BCUT2D eigenvalue weighted by Crippen LogP contribution is 2.26. The molecular weight excluding hydrogens is 364 g/mol. The van der Waals surface area contributed by atoms with Gasteiger partial charge in [0.2, 0.25) is 0 Å². The number of amides is 1. The molecule has 5 nitrogen and oxygen atoms in total. The van der Waals surface area contributed by atoms with Gasteiger partial charge in [0, 0.05) is 18.7 Å². The molecule has 0 bridgehead atoms. The second-order valence-electron chi connectivity index (χ2n) is 8.43. The Balaban J connectivity index is 1.63. The third-order valence-corrected chi connectivity index (χ3v) is 5.11. The van der Waals surface area contributed by atoms with Crippen molar-refractivity contribution in [3.8, 4) is 0 Å². The third-order valence-electron chi connectivity index (χ3n) is 5.11. The maximum absolute atomic E-state index is 12.9. The molecule has 0 atom stereocenters. The Labute approximate surface area is 170 Å². The zero-order chi connectivity index (χ0) is 20.6. The number of hydrogen-bond acceptors (Lipinski definition) is 3. The van der Waals surface area contributed by atoms with Crippen LogP contribution in [0.1, 0.15) is 53.9 Å². The fraction of sp³-hybridized carbons (Fsp3) is 0.292. The zero-order valence-corrected chi connectivity index (χ0v) is 17.3. The minimum absolute atomic E-state index is 0.109. The van der Waals surface area contributed by atoms with E-state index in [1.807, 2.05) is 29.7 Å². The summed E-state index contributed by atoms with van der Waals surface area (Å²) in [5, 5.41) is 2.93. The summed E-state index contributed by atoms with van der Waals surface area (Å²) >= 11 is 0. The number of carbonyl (C=O) groups is 1. The van der Waals surface area contributed by atoms with Crippen LogP contribution in [0.3, 0.4) is 0 Å². The third kappa shape index (κ3) is 3.99. The SMILES string of the molecule is Cc1cc2c(cc(C(=O)NCc3ccco3)n2Cc2ccc(C(C)(C)C)cc2)o1. The first-order valence-corrected chi connectivity index (χ1v) is 9.81. The van der Waals surface area contributed by atoms with E-state index >= 15 is 0 Å². The molecule has 3 heterocycles. The molecule has 3 aromatic heterocycles. The molecule has 4 rings (SSSR count). The maximum atomic E-state index is 12.9. The summed E-state index contributed by atoms with van der Waals surface area (Å²) in [5.74, 6) is 1.39. The largest absolute Gasteiger partial charge is 0.467 e. The van der Waals surface area contributed by atoms with Crippen molar-refractivity contribution in [1.82, 2.24) is 9.88 Å². The molecule has 0 aliphatic carbocycles. The van der Waals surface area contributed by atoms with Crippen molar-refractivity contribution in [1.29, 1.82) is 0 Å². The molecule has 0 saturated heterocycles. The summed E-state index contributed by atoms with van der Waals surface area (Å²) in [5.41, 5.74) is 4.74. The maximum Gasteiger partial charge on any atom is 0.268 e. The number of benzene rings is 1. The van der Waals surface area contributed by atoms with Crippen molar-refractivity contribution < 1.29 is 13.6 Å². The highest BCUT2D eigenvalue weighted by Gasteiger charge is 2.19. The van der Waals surface area contributed by atoms with E-state index < -0.39 is 0 Å². The average Bonchev–Trinajstić information content (AvgIpc) is 3.37. The first-order chi connectivity index (χ1) is 13.8. The summed E-state index contributed by atoms with van der Waals surface area (Å²) < 4.78 is 13.1. The van der Waals surface area contributed by atoms with Crippen molar-refractivity contribution in [3.63, 3.8) is 0 Å². The van der Waals surface area contributed by atoms with Crippen LogP contribution in [0.25, 0.3) is 11.1 Å². The molecular formula is C24H26N2O3. The summed E-state index contributed by atoms with van der Waals surface area (Å²) in [6.07, 6.45) is 1.60. The molecule has 1 amide bonds. The predicted octanol–water partition coefficient (Wildman–Crippen LogP) is 5.41. The van der Waals surface area contributed by atoms with E-state index in [2.05, 4.69) is 50.4 Å². The smallest absolute Gasteiger partial charge is 0.268 e. The van der Waals surface area contributed by atoms with Gasteiger partial charge in [-0.25, -0.2) is 0 Å². The van der Waals surface area contributed by atoms with Gasteiger partial charge in [0.05, 0.1) is 18.3 Å². The molecule has 0 radical (unpaired) electrons. The number of carbonyl (C=O) groups excluding carboxylic acids is 1. The first kappa shape index (κ1) is 19.1. The lowest BCUT2D eigenvalue weighted by atomic mass is 9.87. The topological polar surface area (TPSA) is 60.3 Å². The van der Waals surface area contributed by atoms with E-state index in [0.29, 0.717) is 24.5 Å². The van der Waals surface area contributed by atoms with Gasteiger partial charge in [0.1, 0.15) is 17.2 Å². The van der Waals surface area contributed by atoms with E-state index in [1.165, 1.54) is 5.56 Å². The summed E-state index contributed by atoms with van der Waals surface area (Å²) in [4.78, 5) is 12.9. The van der Waals surface area contributed by atoms with Crippen LogP contribution in [0.4, 0.5) is 0 Å². The van der Waals surface area contributed by atoms with Gasteiger partial charge in [-0.2, -0.15) is 0 Å². The summed E-state index contributed by atoms with van der Waals surface area (Å²) in [7, 11) is 0. The summed E-state index contributed by atoms with van der Waals surface area (Å²) in [6.45, 7) is 9.46. The number of furan rings is 2. The van der Waals surface area contributed by atoms with Gasteiger partial charge in [-0.15, -0.1) is 0 Å². The van der Waals surface area contributed by atoms with Gasteiger partial charge >= 0.3 is 0 Å². The van der Waals surface area contributed by atoms with Crippen LogP contribution in [0.2, 0.25) is 0 Å². The highest BCUT2D eigenvalue weighted by molar-refractivity contribution is 5.97. The van der Waals surface area contributed by atoms with Crippen molar-refractivity contribution in [3.05, 3.63) is 83.1 Å². The van der Waals surface area contributed by atoms with Crippen molar-refractivity contribution in [2.45, 2.75) is 46.2 Å². The number of hydrogen-bond donors (Lipinski definition) is 1. The molecule has 150 valence electrons. The minimum atomic E-state index is -0.156. The standard InChI is InChI=1S/C24H26N2O3/c1-16-12-20-22(29-16)13-21(23(27)25-14-19-6-5-11-28-19)26(20)15-17-7-9-18(10-8-17)24(2,3)4/h5-13H,14-15H2,1-4H3,(H,25,27). The molecule has 29 heavy (non-hydrogen) atoms. The lowest BCUT2D eigenvalue weighted by Crippen LogP contribution is -2.25. The number of aryl methyl sites for hydroxylation is 1. The van der Waals surface area contributed by atoms with Crippen LogP contribution in [0.15, 0.2) is 63.6 Å². The van der Waals surface area contributed by atoms with Crippen molar-refractivity contribution in [2.75, 3.05) is 0 Å². The molecule has 0 fully saturated rings. The van der Waals surface area contributed by atoms with E-state index in [1.54, 1.807) is 12.3 Å². The van der Waals surface area contributed by atoms with E-state index in [4.69, 9.17) is 8.83 Å². The predicted molar refractivity (Wildman–Crippen MR) is 113 cm³/mol. The second kappa shape index (κ2) is 7.32. The van der Waals surface area contributed by atoms with E-state index in [9.17, 15) is 4.79 Å². The molecule has 1 N–H and O–H groups in total. The second-order valence-corrected chi connectivity index (χ2v) is 8.43. The lowest BCUT2D eigenvalue weighted by molar-refractivity contribution is 0.0939. The number of nitrogens with one attached hydrogen (secondary N) is 1. The van der Waals surface area contributed by atoms with Gasteiger partial charge in [-0.05, 0) is 35.6 Å². The van der Waals surface area contributed by atoms with E-state index in [-0.39, 0.29) is 11.3 Å². The van der Waals surface area contributed by atoms with Crippen molar-refractivity contribution in [2.24, 2.45) is 0 Å². The number of fused-ring (bicyclic) bond motifs is 1. The monoisotopic (exact) mass is 390 g/mol. The fourth-order valence-corrected chi connectivity index (χ4v) is 3.49. The average molecular weight is 390 g/mol. The summed E-state index contributed by atoms with van der Waals surface area (Å²) in [6, 6.07) is 16.0. The number of nitrogens with zero attached hydrogens (tertiary/aromatic N) is 1. The Hall–Kier alpha value is -3.21. The highest BCUT2D eigenvalue weighted by atomic mass is 16.3. The van der Waals surface area contributed by atoms with E-state index in [0.717, 1.165) is 22.4 Å². The quantitative estimate of drug-likeness (QED) is 0.495. The molecule has 0 aliphatic rings. The first-order valence-electron chi connectivity index (χ1n) is 9.81. The minimum Gasteiger partial charge on any atom is -0.467 e. The Morgan fingerprint density at radius 2 is 1.86 bits per heavy atom. The van der Waals surface area contributed by atoms with Gasteiger partial charge < -0.3 is 18.7 Å². The number of aromatic nitrogens is 1. The van der Waals surface area contributed by atoms with Crippen molar-refractivity contribution >= 4 is 17.0 Å². The van der Waals surface area contributed by atoms with Gasteiger partial charge in [0.25, 0.3) is 5.91 Å². The van der Waals surface area contributed by atoms with Gasteiger partial charge in [0.15, 0.2) is 5.58 Å². The van der Waals surface area contributed by atoms with Crippen LogP contribution >= 0.6 is 0 Å². The molecule has 0 unspecified atom stereocenters. The fourth-order valence-electron chi connectivity index (χ4n) is 3.49. The van der Waals surface area contributed by atoms with Crippen LogP contribution in [0.5, 0.6) is 0 Å². The Kier molecular flexibility index (Phi) is 4.82. The zero-order valence-electron chi connectivity index (χ0n) is 17.3. The van der Waals surface area contributed by atoms with Crippen LogP contribution in [-0.4, -0.2) is 10.5 Å². The molecule has 0 spiro atoms.